The van der Waals surface area contributed by atoms with Crippen LogP contribution in [0.15, 0.2) is 29.3 Å². The van der Waals surface area contributed by atoms with E-state index in [4.69, 9.17) is 11.5 Å². The van der Waals surface area contributed by atoms with Crippen LogP contribution in [0.4, 0.5) is 16.1 Å². The minimum Gasteiger partial charge on any atom is -0.384 e. The van der Waals surface area contributed by atoms with Crippen LogP contribution in [0.2, 0.25) is 0 Å². The van der Waals surface area contributed by atoms with Crippen molar-refractivity contribution in [2.24, 2.45) is 5.92 Å². The average molecular weight is 382 g/mol. The maximum Gasteiger partial charge on any atom is 0.251 e. The highest BCUT2D eigenvalue weighted by molar-refractivity contribution is 7.18. The van der Waals surface area contributed by atoms with Crippen molar-refractivity contribution in [3.05, 3.63) is 40.6 Å². The number of pyridine rings is 1. The van der Waals surface area contributed by atoms with Gasteiger partial charge < -0.3 is 20.9 Å². The molecule has 0 spiro atoms. The summed E-state index contributed by atoms with van der Waals surface area (Å²) in [6, 6.07) is 5.38. The Kier molecular flexibility index (Phi) is 3.61. The summed E-state index contributed by atoms with van der Waals surface area (Å²) in [5, 5.41) is 9.43. The van der Waals surface area contributed by atoms with Gasteiger partial charge in [-0.3, -0.25) is 4.79 Å². The first-order chi connectivity index (χ1) is 13.1. The van der Waals surface area contributed by atoms with Crippen molar-refractivity contribution >= 4 is 27.4 Å². The fraction of sp³-hybridized carbons (Fsp3) is 0.353. The van der Waals surface area contributed by atoms with Crippen molar-refractivity contribution in [2.75, 3.05) is 29.5 Å². The smallest absolute Gasteiger partial charge is 0.251 e. The fourth-order valence-electron chi connectivity index (χ4n) is 4.15. The number of fused-ring (bicyclic) bond motifs is 4. The van der Waals surface area contributed by atoms with E-state index in [0.717, 1.165) is 35.9 Å². The minimum absolute atomic E-state index is 0.00277. The number of hydrogen-bond donors (Lipinski definition) is 2. The maximum atomic E-state index is 12.8. The highest BCUT2D eigenvalue weighted by atomic mass is 32.1. The topological polar surface area (TPSA) is 129 Å². The molecule has 0 aliphatic carbocycles. The molecule has 1 saturated heterocycles. The van der Waals surface area contributed by atoms with Crippen LogP contribution in [0.5, 0.6) is 0 Å². The average Bonchev–Trinajstić information content (AvgIpc) is 3.09. The highest BCUT2D eigenvalue weighted by Gasteiger charge is 2.36. The molecule has 1 fully saturated rings. The van der Waals surface area contributed by atoms with Gasteiger partial charge in [0.2, 0.25) is 10.3 Å². The van der Waals surface area contributed by atoms with E-state index in [1.54, 1.807) is 12.1 Å². The third-order valence-corrected chi connectivity index (χ3v) is 6.05. The van der Waals surface area contributed by atoms with Crippen molar-refractivity contribution in [1.82, 2.24) is 24.7 Å². The highest BCUT2D eigenvalue weighted by Crippen LogP contribution is 2.38. The molecular weight excluding hydrogens is 364 g/mol. The van der Waals surface area contributed by atoms with Gasteiger partial charge in [-0.15, -0.1) is 10.2 Å². The maximum absolute atomic E-state index is 12.8. The SMILES string of the molecule is Nc1cc(-c2cc3n(c(=O)c2)C[C@H]2C[C@@H]3CN(c3nnc(N)s3)C2)ncn1. The molecule has 0 unspecified atom stereocenters. The molecule has 2 aliphatic heterocycles. The number of aromatic nitrogens is 5. The zero-order valence-corrected chi connectivity index (χ0v) is 15.3. The molecule has 0 aromatic carbocycles. The third-order valence-electron chi connectivity index (χ3n) is 5.24. The van der Waals surface area contributed by atoms with Crippen LogP contribution in [0, 0.1) is 5.92 Å². The van der Waals surface area contributed by atoms with Gasteiger partial charge in [-0.25, -0.2) is 9.97 Å². The molecule has 2 atom stereocenters. The van der Waals surface area contributed by atoms with E-state index >= 15 is 0 Å². The monoisotopic (exact) mass is 382 g/mol. The van der Waals surface area contributed by atoms with Crippen LogP contribution >= 0.6 is 11.3 Å². The molecule has 5 rings (SSSR count). The van der Waals surface area contributed by atoms with Crippen LogP contribution in [-0.4, -0.2) is 37.8 Å². The number of hydrogen-bond acceptors (Lipinski definition) is 9. The van der Waals surface area contributed by atoms with Crippen molar-refractivity contribution in [3.63, 3.8) is 0 Å². The van der Waals surface area contributed by atoms with Crippen LogP contribution in [0.25, 0.3) is 11.3 Å². The number of rotatable bonds is 2. The molecule has 9 nitrogen and oxygen atoms in total. The summed E-state index contributed by atoms with van der Waals surface area (Å²) in [6.07, 6.45) is 2.47. The van der Waals surface area contributed by atoms with Gasteiger partial charge in [0.25, 0.3) is 5.56 Å². The largest absolute Gasteiger partial charge is 0.384 e. The van der Waals surface area contributed by atoms with Crippen LogP contribution < -0.4 is 21.9 Å². The van der Waals surface area contributed by atoms with Crippen molar-refractivity contribution in [1.29, 1.82) is 0 Å². The lowest BCUT2D eigenvalue weighted by atomic mass is 9.83. The lowest BCUT2D eigenvalue weighted by Crippen LogP contribution is -2.47. The Morgan fingerprint density at radius 1 is 1.07 bits per heavy atom. The molecule has 138 valence electrons. The summed E-state index contributed by atoms with van der Waals surface area (Å²) in [5.74, 6) is 1.03. The van der Waals surface area contributed by atoms with Gasteiger partial charge in [0.1, 0.15) is 12.1 Å². The second-order valence-corrected chi connectivity index (χ2v) is 8.06. The summed E-state index contributed by atoms with van der Waals surface area (Å²) in [6.45, 7) is 2.36. The van der Waals surface area contributed by atoms with Gasteiger partial charge in [0, 0.05) is 48.9 Å². The lowest BCUT2D eigenvalue weighted by Gasteiger charge is -2.42. The summed E-state index contributed by atoms with van der Waals surface area (Å²) < 4.78 is 1.90. The van der Waals surface area contributed by atoms with E-state index in [1.807, 2.05) is 4.57 Å². The molecule has 2 aliphatic rings. The van der Waals surface area contributed by atoms with Crippen molar-refractivity contribution in [2.45, 2.75) is 18.9 Å². The third kappa shape index (κ3) is 2.81. The van der Waals surface area contributed by atoms with Gasteiger partial charge in [-0.05, 0) is 18.4 Å². The van der Waals surface area contributed by atoms with Gasteiger partial charge in [0.05, 0.1) is 5.69 Å². The van der Waals surface area contributed by atoms with Gasteiger partial charge in [-0.1, -0.05) is 11.3 Å². The molecule has 2 bridgehead atoms. The summed E-state index contributed by atoms with van der Waals surface area (Å²) in [4.78, 5) is 23.2. The number of nitrogens with zero attached hydrogens (tertiary/aromatic N) is 6. The quantitative estimate of drug-likeness (QED) is 0.670. The standard InChI is InChI=1S/C17H18N8OS/c18-14-4-12(20-8-21-14)10-2-13-11-1-9(6-25(13)15(26)3-10)5-24(7-11)17-23-22-16(19)27-17/h2-4,8-9,11H,1,5-7H2,(H2,19,22)(H2,18,20,21)/t9-,11+/m0/s1. The summed E-state index contributed by atoms with van der Waals surface area (Å²) >= 11 is 1.40. The van der Waals surface area contributed by atoms with Crippen LogP contribution in [-0.2, 0) is 6.54 Å². The molecule has 3 aromatic rings. The first-order valence-electron chi connectivity index (χ1n) is 8.73. The van der Waals surface area contributed by atoms with E-state index in [1.165, 1.54) is 17.7 Å². The Balaban J connectivity index is 1.54. The zero-order valence-electron chi connectivity index (χ0n) is 14.4. The van der Waals surface area contributed by atoms with Gasteiger partial charge >= 0.3 is 0 Å². The molecule has 3 aromatic heterocycles. The van der Waals surface area contributed by atoms with Crippen molar-refractivity contribution in [3.8, 4) is 11.3 Å². The Labute approximate surface area is 158 Å². The molecular formula is C17H18N8OS. The Bertz CT molecular complexity index is 1080. The van der Waals surface area contributed by atoms with E-state index in [0.29, 0.717) is 29.1 Å². The van der Waals surface area contributed by atoms with E-state index in [9.17, 15) is 4.79 Å². The second-order valence-electron chi connectivity index (χ2n) is 7.07. The van der Waals surface area contributed by atoms with Gasteiger partial charge in [0.15, 0.2) is 0 Å². The predicted octanol–water partition coefficient (Wildman–Crippen LogP) is 0.945. The minimum atomic E-state index is 0.00277. The summed E-state index contributed by atoms with van der Waals surface area (Å²) in [5.41, 5.74) is 14.0. The molecule has 4 N–H and O–H groups in total. The predicted molar refractivity (Wildman–Crippen MR) is 104 cm³/mol. The van der Waals surface area contributed by atoms with E-state index in [-0.39, 0.29) is 11.5 Å². The van der Waals surface area contributed by atoms with E-state index < -0.39 is 0 Å². The Morgan fingerprint density at radius 3 is 2.74 bits per heavy atom. The normalized spacial score (nSPS) is 21.1. The number of anilines is 3. The summed E-state index contributed by atoms with van der Waals surface area (Å²) in [7, 11) is 0. The first-order valence-corrected chi connectivity index (χ1v) is 9.55. The number of piperidine rings is 1. The Morgan fingerprint density at radius 2 is 1.96 bits per heavy atom. The molecule has 27 heavy (non-hydrogen) atoms. The molecule has 5 heterocycles. The van der Waals surface area contributed by atoms with Crippen LogP contribution in [0.1, 0.15) is 18.0 Å². The van der Waals surface area contributed by atoms with Crippen LogP contribution in [0.3, 0.4) is 0 Å². The molecule has 0 amide bonds. The number of nitrogen functional groups attached to an aromatic ring is 2. The zero-order chi connectivity index (χ0) is 18.5. The van der Waals surface area contributed by atoms with Gasteiger partial charge in [-0.2, -0.15) is 0 Å². The number of nitrogens with two attached hydrogens (primary N) is 2. The molecule has 0 radical (unpaired) electrons. The van der Waals surface area contributed by atoms with E-state index in [2.05, 4.69) is 31.1 Å². The fourth-order valence-corrected chi connectivity index (χ4v) is 4.78. The molecule has 10 heteroatoms. The van der Waals surface area contributed by atoms with Crippen molar-refractivity contribution < 1.29 is 0 Å². The lowest BCUT2D eigenvalue weighted by molar-refractivity contribution is 0.281. The second kappa shape index (κ2) is 6.02. The Hall–Kier alpha value is -3.01. The first kappa shape index (κ1) is 16.2. The molecule has 0 saturated carbocycles.